The van der Waals surface area contributed by atoms with Crippen molar-refractivity contribution in [3.8, 4) is 0 Å². The van der Waals surface area contributed by atoms with Crippen LogP contribution in [-0.2, 0) is 13.5 Å². The maximum Gasteiger partial charge on any atom is 0.257 e. The molecule has 3 nitrogen and oxygen atoms in total. The van der Waals surface area contributed by atoms with E-state index in [4.69, 9.17) is 11.6 Å². The zero-order chi connectivity index (χ0) is 17.0. The second-order valence-corrected chi connectivity index (χ2v) is 5.69. The molecule has 0 radical (unpaired) electrons. The molecule has 1 amide bonds. The number of halogens is 1. The van der Waals surface area contributed by atoms with Gasteiger partial charge in [-0.2, -0.15) is 0 Å². The lowest BCUT2D eigenvalue weighted by Gasteiger charge is -2.08. The fourth-order valence-corrected chi connectivity index (χ4v) is 2.76. The molecule has 0 aliphatic carbocycles. The number of allylic oxidation sites excluding steroid dienone is 1. The van der Waals surface area contributed by atoms with Crippen molar-refractivity contribution in [2.45, 2.75) is 20.3 Å². The molecular formula is C19H21ClN2O. The van der Waals surface area contributed by atoms with Crippen LogP contribution in [0.15, 0.2) is 37.1 Å². The number of carbonyl (C=O) groups is 1. The van der Waals surface area contributed by atoms with Crippen molar-refractivity contribution in [3.63, 3.8) is 0 Å². The zero-order valence-electron chi connectivity index (χ0n) is 13.7. The van der Waals surface area contributed by atoms with Gasteiger partial charge in [0.05, 0.1) is 16.3 Å². The Kier molecular flexibility index (Phi) is 5.45. The van der Waals surface area contributed by atoms with Gasteiger partial charge in [0.15, 0.2) is 0 Å². The van der Waals surface area contributed by atoms with Crippen LogP contribution in [0.5, 0.6) is 0 Å². The molecule has 1 aromatic heterocycles. The number of nitrogens with zero attached hydrogens (tertiary/aromatic N) is 1. The molecule has 0 atom stereocenters. The maximum absolute atomic E-state index is 12.6. The normalized spacial score (nSPS) is 11.0. The number of hydrogen-bond acceptors (Lipinski definition) is 1. The summed E-state index contributed by atoms with van der Waals surface area (Å²) in [6.45, 7) is 7.80. The standard InChI is InChI=1S/C19H21ClN2O/c1-5-8-14-15(12-22(4)18(14)7-3)19(23)21-17-10-9-13(6-2)11-16(17)20/h5,7-12H,3,6H2,1-2,4H3,(H,21,23)/b8-5-. The van der Waals surface area contributed by atoms with Gasteiger partial charge >= 0.3 is 0 Å². The average molecular weight is 329 g/mol. The molecular weight excluding hydrogens is 308 g/mol. The minimum absolute atomic E-state index is 0.187. The minimum atomic E-state index is -0.187. The first-order valence-corrected chi connectivity index (χ1v) is 7.93. The van der Waals surface area contributed by atoms with Crippen molar-refractivity contribution in [3.05, 3.63) is 64.5 Å². The number of rotatable bonds is 5. The van der Waals surface area contributed by atoms with Crippen LogP contribution < -0.4 is 5.32 Å². The molecule has 0 fully saturated rings. The third-order valence-corrected chi connectivity index (χ3v) is 4.04. The summed E-state index contributed by atoms with van der Waals surface area (Å²) in [4.78, 5) is 12.6. The highest BCUT2D eigenvalue weighted by Crippen LogP contribution is 2.26. The lowest BCUT2D eigenvalue weighted by Crippen LogP contribution is -2.12. The second kappa shape index (κ2) is 7.34. The summed E-state index contributed by atoms with van der Waals surface area (Å²) in [6, 6.07) is 5.68. The van der Waals surface area contributed by atoms with Crippen LogP contribution in [0, 0.1) is 0 Å². The van der Waals surface area contributed by atoms with Crippen molar-refractivity contribution in [2.75, 3.05) is 5.32 Å². The summed E-state index contributed by atoms with van der Waals surface area (Å²) in [5.41, 5.74) is 4.10. The topological polar surface area (TPSA) is 34.0 Å². The van der Waals surface area contributed by atoms with Gasteiger partial charge in [-0.1, -0.05) is 43.3 Å². The fraction of sp³-hybridized carbons (Fsp3) is 0.211. The van der Waals surface area contributed by atoms with E-state index in [9.17, 15) is 4.79 Å². The van der Waals surface area contributed by atoms with Gasteiger partial charge in [-0.3, -0.25) is 4.79 Å². The highest BCUT2D eigenvalue weighted by molar-refractivity contribution is 6.34. The average Bonchev–Trinajstić information content (AvgIpc) is 2.85. The molecule has 0 unspecified atom stereocenters. The molecule has 0 saturated carbocycles. The summed E-state index contributed by atoms with van der Waals surface area (Å²) in [5.74, 6) is -0.187. The summed E-state index contributed by atoms with van der Waals surface area (Å²) >= 11 is 6.25. The van der Waals surface area contributed by atoms with Crippen LogP contribution in [0.2, 0.25) is 5.02 Å². The summed E-state index contributed by atoms with van der Waals surface area (Å²) in [6.07, 6.45) is 8.27. The molecule has 0 bridgehead atoms. The summed E-state index contributed by atoms with van der Waals surface area (Å²) < 4.78 is 1.89. The molecule has 0 aliphatic heterocycles. The molecule has 1 N–H and O–H groups in total. The van der Waals surface area contributed by atoms with Crippen molar-refractivity contribution < 1.29 is 4.79 Å². The first-order valence-electron chi connectivity index (χ1n) is 7.56. The smallest absolute Gasteiger partial charge is 0.257 e. The monoisotopic (exact) mass is 328 g/mol. The molecule has 1 aromatic carbocycles. The van der Waals surface area contributed by atoms with Crippen molar-refractivity contribution in [1.82, 2.24) is 4.57 Å². The molecule has 0 spiro atoms. The van der Waals surface area contributed by atoms with Crippen LogP contribution in [0.25, 0.3) is 12.2 Å². The third kappa shape index (κ3) is 3.57. The van der Waals surface area contributed by atoms with E-state index in [1.54, 1.807) is 12.3 Å². The number of nitrogens with one attached hydrogen (secondary N) is 1. The van der Waals surface area contributed by atoms with Gasteiger partial charge in [0, 0.05) is 24.5 Å². The largest absolute Gasteiger partial charge is 0.350 e. The molecule has 2 aromatic rings. The Labute approximate surface area is 142 Å². The Morgan fingerprint density at radius 3 is 2.74 bits per heavy atom. The number of aromatic nitrogens is 1. The predicted molar refractivity (Wildman–Crippen MR) is 99.0 cm³/mol. The second-order valence-electron chi connectivity index (χ2n) is 5.28. The van der Waals surface area contributed by atoms with Crippen molar-refractivity contribution >= 4 is 35.3 Å². The van der Waals surface area contributed by atoms with Crippen LogP contribution >= 0.6 is 11.6 Å². The molecule has 120 valence electrons. The number of benzene rings is 1. The van der Waals surface area contributed by atoms with E-state index in [2.05, 4.69) is 18.8 Å². The molecule has 0 aliphatic rings. The third-order valence-electron chi connectivity index (χ3n) is 3.73. The van der Waals surface area contributed by atoms with E-state index in [0.717, 1.165) is 23.2 Å². The molecule has 4 heteroatoms. The van der Waals surface area contributed by atoms with Crippen molar-refractivity contribution in [2.24, 2.45) is 7.05 Å². The van der Waals surface area contributed by atoms with Crippen LogP contribution in [0.1, 0.15) is 41.0 Å². The lowest BCUT2D eigenvalue weighted by molar-refractivity contribution is 0.102. The Morgan fingerprint density at radius 1 is 1.43 bits per heavy atom. The van der Waals surface area contributed by atoms with E-state index in [1.807, 2.05) is 48.9 Å². The molecule has 1 heterocycles. The van der Waals surface area contributed by atoms with Gasteiger partial charge in [-0.15, -0.1) is 0 Å². The summed E-state index contributed by atoms with van der Waals surface area (Å²) in [5, 5.41) is 3.44. The van der Waals surface area contributed by atoms with E-state index in [-0.39, 0.29) is 5.91 Å². The SMILES string of the molecule is C=Cc1c(/C=C\C)c(C(=O)Nc2ccc(CC)cc2Cl)cn1C. The lowest BCUT2D eigenvalue weighted by atomic mass is 10.1. The quantitative estimate of drug-likeness (QED) is 0.807. The van der Waals surface area contributed by atoms with Gasteiger partial charge in [-0.25, -0.2) is 0 Å². The van der Waals surface area contributed by atoms with Crippen molar-refractivity contribution in [1.29, 1.82) is 0 Å². The van der Waals surface area contributed by atoms with Gasteiger partial charge in [-0.05, 0) is 37.1 Å². The minimum Gasteiger partial charge on any atom is -0.350 e. The van der Waals surface area contributed by atoms with E-state index in [0.29, 0.717) is 16.3 Å². The van der Waals surface area contributed by atoms with Crippen LogP contribution in [0.3, 0.4) is 0 Å². The first kappa shape index (κ1) is 17.1. The molecule has 0 saturated heterocycles. The van der Waals surface area contributed by atoms with E-state index < -0.39 is 0 Å². The zero-order valence-corrected chi connectivity index (χ0v) is 14.4. The Hall–Kier alpha value is -2.26. The number of aryl methyl sites for hydroxylation is 2. The van der Waals surface area contributed by atoms with Crippen LogP contribution in [-0.4, -0.2) is 10.5 Å². The predicted octanol–water partition coefficient (Wildman–Crippen LogP) is 5.17. The first-order chi connectivity index (χ1) is 11.0. The maximum atomic E-state index is 12.6. The van der Waals surface area contributed by atoms with Gasteiger partial charge in [0.2, 0.25) is 0 Å². The van der Waals surface area contributed by atoms with Gasteiger partial charge in [0.25, 0.3) is 5.91 Å². The number of amides is 1. The van der Waals surface area contributed by atoms with E-state index in [1.165, 1.54) is 0 Å². The van der Waals surface area contributed by atoms with Gasteiger partial charge in [0.1, 0.15) is 0 Å². The number of anilines is 1. The Balaban J connectivity index is 2.36. The summed E-state index contributed by atoms with van der Waals surface area (Å²) in [7, 11) is 1.89. The molecule has 23 heavy (non-hydrogen) atoms. The van der Waals surface area contributed by atoms with Gasteiger partial charge < -0.3 is 9.88 Å². The molecule has 2 rings (SSSR count). The number of carbonyl (C=O) groups excluding carboxylic acids is 1. The Bertz CT molecular complexity index is 772. The fourth-order valence-electron chi connectivity index (χ4n) is 2.51. The van der Waals surface area contributed by atoms with Crippen LogP contribution in [0.4, 0.5) is 5.69 Å². The highest BCUT2D eigenvalue weighted by atomic mass is 35.5. The van der Waals surface area contributed by atoms with E-state index >= 15 is 0 Å². The highest BCUT2D eigenvalue weighted by Gasteiger charge is 2.17. The Morgan fingerprint density at radius 2 is 2.17 bits per heavy atom. The number of hydrogen-bond donors (Lipinski definition) is 1.